The Labute approximate surface area is 554 Å². The molecular formula is C66H82F12N6O13. The lowest BCUT2D eigenvalue weighted by molar-refractivity contribution is -0.309. The molecule has 0 radical (unpaired) electrons. The highest BCUT2D eigenvalue weighted by molar-refractivity contribution is 5.85. The number of aryl methyl sites for hydroxylation is 2. The maximum Gasteiger partial charge on any atom is 0.434 e. The van der Waals surface area contributed by atoms with Gasteiger partial charge in [-0.15, -0.1) is 0 Å². The summed E-state index contributed by atoms with van der Waals surface area (Å²) < 4.78 is 178. The van der Waals surface area contributed by atoms with E-state index < -0.39 is 85.6 Å². The Hall–Kier alpha value is -8.35. The van der Waals surface area contributed by atoms with Crippen LogP contribution in [0.25, 0.3) is 0 Å². The lowest BCUT2D eigenvalue weighted by Crippen LogP contribution is -2.52. The highest BCUT2D eigenvalue weighted by atomic mass is 19.4. The first-order valence-corrected chi connectivity index (χ1v) is 31.0. The van der Waals surface area contributed by atoms with Crippen molar-refractivity contribution < 1.29 is 115 Å². The summed E-state index contributed by atoms with van der Waals surface area (Å²) in [6, 6.07) is 31.2. The van der Waals surface area contributed by atoms with Crippen LogP contribution in [0, 0.1) is 25.7 Å². The van der Waals surface area contributed by atoms with E-state index in [0.29, 0.717) is 51.1 Å². The normalized spacial score (nSPS) is 14.5. The van der Waals surface area contributed by atoms with Crippen LogP contribution in [0.15, 0.2) is 97.1 Å². The predicted octanol–water partition coefficient (Wildman–Crippen LogP) is 12.8. The molecule has 0 spiro atoms. The third kappa shape index (κ3) is 28.7. The van der Waals surface area contributed by atoms with Crippen LogP contribution >= 0.6 is 0 Å². The van der Waals surface area contributed by atoms with Crippen molar-refractivity contribution in [2.45, 2.75) is 150 Å². The molecule has 2 heterocycles. The minimum atomic E-state index is -5.79. The van der Waals surface area contributed by atoms with Gasteiger partial charge in [0.1, 0.15) is 0 Å². The van der Waals surface area contributed by atoms with Gasteiger partial charge in [-0.2, -0.15) is 52.7 Å². The molecule has 2 aliphatic rings. The van der Waals surface area contributed by atoms with Crippen LogP contribution in [0.4, 0.5) is 73.6 Å². The molecule has 2 unspecified atom stereocenters. The Morgan fingerprint density at radius 3 is 1.27 bits per heavy atom. The average Bonchev–Trinajstić information content (AvgIpc) is 0.921. The van der Waals surface area contributed by atoms with Gasteiger partial charge in [0.05, 0.1) is 11.8 Å². The number of hydrogen-bond donors (Lipinski definition) is 1. The van der Waals surface area contributed by atoms with Crippen molar-refractivity contribution in [3.05, 3.63) is 130 Å². The van der Waals surface area contributed by atoms with Crippen molar-refractivity contribution in [3.8, 4) is 0 Å². The fraction of sp³-hybridized carbons (Fsp3) is 0.530. The number of piperazine rings is 2. The second-order valence-electron chi connectivity index (χ2n) is 23.3. The number of amides is 2. The standard InChI is InChI=1S/C33H41F6N3O6.C25H31NO5.C8H10F6N2O2/c1-22(2)29(44)47-24(4)46-28(43)11-8-14-42(20-25-9-6-5-7-10-25)27-19-23(3)12-13-26(27)21-40-15-17-41(18-16-40)31(45)48-30(32(34,35)36)33(37,38)39;1-18(2)25(29)31-20(4)30-24(28)11-8-14-26(16-21-9-6-5-7-10-21)23-15-19(3)12-13-22(23)17-27;9-7(10,11)5(8(12,13)14)18-6(17)16-3-1-15-2-4-16/h5-7,9-10,12-13,19,22,24,30H,8,11,14-18,20-21H2,1-4H3;5-7,9-10,12-13,15,17-18,20H,8,11,14,16H2,1-4H3;5,15H,1-4H2. The van der Waals surface area contributed by atoms with Gasteiger partial charge < -0.3 is 53.3 Å². The van der Waals surface area contributed by atoms with Crippen LogP contribution in [-0.2, 0) is 67.2 Å². The first kappa shape index (κ1) is 81.1. The average molecular weight is 1400 g/mol. The molecular weight excluding hydrogens is 1310 g/mol. The van der Waals surface area contributed by atoms with Gasteiger partial charge in [-0.1, -0.05) is 107 Å². The number of rotatable bonds is 25. The number of hydrogen-bond acceptors (Lipinski definition) is 17. The van der Waals surface area contributed by atoms with Crippen LogP contribution in [0.2, 0.25) is 0 Å². The van der Waals surface area contributed by atoms with Crippen LogP contribution in [0.5, 0.6) is 0 Å². The van der Waals surface area contributed by atoms with Crippen molar-refractivity contribution in [1.82, 2.24) is 20.0 Å². The number of halogens is 12. The van der Waals surface area contributed by atoms with Gasteiger partial charge in [0.2, 0.25) is 12.6 Å². The molecule has 6 rings (SSSR count). The van der Waals surface area contributed by atoms with E-state index in [0.717, 1.165) is 55.3 Å². The van der Waals surface area contributed by atoms with Crippen molar-refractivity contribution >= 4 is 53.7 Å². The first-order valence-electron chi connectivity index (χ1n) is 31.0. The van der Waals surface area contributed by atoms with Crippen molar-refractivity contribution in [2.75, 3.05) is 75.2 Å². The van der Waals surface area contributed by atoms with Gasteiger partial charge in [-0.05, 0) is 72.7 Å². The molecule has 2 amide bonds. The fourth-order valence-electron chi connectivity index (χ4n) is 9.44. The monoisotopic (exact) mass is 1390 g/mol. The second kappa shape index (κ2) is 38.0. The van der Waals surface area contributed by atoms with Gasteiger partial charge >= 0.3 is 60.8 Å². The molecule has 2 aliphatic heterocycles. The molecule has 2 fully saturated rings. The molecule has 31 heteroatoms. The number of nitrogens with zero attached hydrogens (tertiary/aromatic N) is 5. The second-order valence-corrected chi connectivity index (χ2v) is 23.3. The number of aldehydes is 1. The zero-order valence-corrected chi connectivity index (χ0v) is 54.9. The summed E-state index contributed by atoms with van der Waals surface area (Å²) in [5.74, 6) is -2.48. The van der Waals surface area contributed by atoms with E-state index in [2.05, 4.69) is 24.6 Å². The van der Waals surface area contributed by atoms with E-state index in [9.17, 15) is 86.2 Å². The van der Waals surface area contributed by atoms with Crippen molar-refractivity contribution in [1.29, 1.82) is 0 Å². The first-order chi connectivity index (χ1) is 45.3. The van der Waals surface area contributed by atoms with E-state index in [1.807, 2.05) is 116 Å². The number of carbonyl (C=O) groups excluding carboxylic acids is 7. The Morgan fingerprint density at radius 1 is 0.495 bits per heavy atom. The number of anilines is 2. The topological polar surface area (TPSA) is 203 Å². The van der Waals surface area contributed by atoms with Crippen molar-refractivity contribution in [2.24, 2.45) is 11.8 Å². The van der Waals surface area contributed by atoms with E-state index in [-0.39, 0.29) is 77.0 Å². The minimum Gasteiger partial charge on any atom is -0.426 e. The number of carbonyl (C=O) groups is 7. The summed E-state index contributed by atoms with van der Waals surface area (Å²) in [6.45, 7) is 17.0. The van der Waals surface area contributed by atoms with Gasteiger partial charge in [-0.25, -0.2) is 9.59 Å². The summed E-state index contributed by atoms with van der Waals surface area (Å²) in [5.41, 5.74) is 7.39. The zero-order chi connectivity index (χ0) is 72.4. The highest BCUT2D eigenvalue weighted by Gasteiger charge is 2.61. The van der Waals surface area contributed by atoms with E-state index in [1.165, 1.54) is 13.8 Å². The van der Waals surface area contributed by atoms with Crippen LogP contribution < -0.4 is 15.1 Å². The highest BCUT2D eigenvalue weighted by Crippen LogP contribution is 2.38. The van der Waals surface area contributed by atoms with Crippen molar-refractivity contribution in [3.63, 3.8) is 0 Å². The summed E-state index contributed by atoms with van der Waals surface area (Å²) in [6.07, 6.45) is -34.4. The fourth-order valence-corrected chi connectivity index (χ4v) is 9.44. The third-order valence-corrected chi connectivity index (χ3v) is 14.4. The molecule has 1 N–H and O–H groups in total. The van der Waals surface area contributed by atoms with Gasteiger partial charge in [-0.3, -0.25) is 28.9 Å². The third-order valence-electron chi connectivity index (χ3n) is 14.4. The summed E-state index contributed by atoms with van der Waals surface area (Å²) in [5, 5.41) is 2.79. The molecule has 538 valence electrons. The number of alkyl halides is 12. The molecule has 0 bridgehead atoms. The molecule has 2 atom stereocenters. The molecule has 97 heavy (non-hydrogen) atoms. The van der Waals surface area contributed by atoms with E-state index >= 15 is 0 Å². The lowest BCUT2D eigenvalue weighted by atomic mass is 10.1. The van der Waals surface area contributed by atoms with Gasteiger partial charge in [0.15, 0.2) is 6.29 Å². The molecule has 0 aliphatic carbocycles. The molecule has 19 nitrogen and oxygen atoms in total. The Kier molecular flexibility index (Phi) is 31.7. The number of esters is 4. The lowest BCUT2D eigenvalue weighted by Gasteiger charge is -2.36. The molecule has 4 aromatic rings. The van der Waals surface area contributed by atoms with E-state index in [1.54, 1.807) is 27.7 Å². The Morgan fingerprint density at radius 2 is 0.876 bits per heavy atom. The number of nitrogens with one attached hydrogen (secondary N) is 1. The summed E-state index contributed by atoms with van der Waals surface area (Å²) in [7, 11) is 0. The van der Waals surface area contributed by atoms with Gasteiger partial charge in [0, 0.05) is 129 Å². The van der Waals surface area contributed by atoms with Gasteiger partial charge in [0.25, 0.3) is 12.2 Å². The molecule has 0 saturated carbocycles. The molecule has 0 aromatic heterocycles. The predicted molar refractivity (Wildman–Crippen MR) is 330 cm³/mol. The molecule has 2 saturated heterocycles. The maximum absolute atomic E-state index is 12.9. The SMILES string of the molecule is Cc1ccc(C=O)c(N(CCCC(=O)OC(C)OC(=O)C(C)C)Cc2ccccc2)c1.Cc1ccc(CN2CCN(C(=O)OC(C(F)(F)F)C(F)(F)F)CC2)c(N(CCCC(=O)OC(C)OC(=O)C(C)C)Cc2ccccc2)c1.O=C(OC(C(F)(F)F)C(F)(F)F)N1CCNCC1. The van der Waals surface area contributed by atoms with Crippen LogP contribution in [0.1, 0.15) is 105 Å². The maximum atomic E-state index is 12.9. The van der Waals surface area contributed by atoms with Crippen LogP contribution in [0.3, 0.4) is 0 Å². The Bertz CT molecular complexity index is 3120. The summed E-state index contributed by atoms with van der Waals surface area (Å²) >= 11 is 0. The quantitative estimate of drug-likeness (QED) is 0.0215. The summed E-state index contributed by atoms with van der Waals surface area (Å²) in [4.78, 5) is 90.9. The minimum absolute atomic E-state index is 0.00126. The zero-order valence-electron chi connectivity index (χ0n) is 54.9. The molecule has 4 aromatic carbocycles. The smallest absolute Gasteiger partial charge is 0.426 e. The van der Waals surface area contributed by atoms with E-state index in [4.69, 9.17) is 18.9 Å². The number of benzene rings is 4. The Balaban J connectivity index is 0.000000347. The largest absolute Gasteiger partial charge is 0.434 e. The number of ether oxygens (including phenoxy) is 6. The van der Waals surface area contributed by atoms with Crippen LogP contribution in [-0.4, -0.2) is 172 Å².